The lowest BCUT2D eigenvalue weighted by molar-refractivity contribution is -0.379. The van der Waals surface area contributed by atoms with E-state index in [0.717, 1.165) is 38.5 Å². The molecule has 12 N–H and O–H groups in total. The van der Waals surface area contributed by atoms with Gasteiger partial charge in [-0.2, -0.15) is 0 Å². The van der Waals surface area contributed by atoms with E-state index < -0.39 is 124 Å². The van der Waals surface area contributed by atoms with Crippen LogP contribution < -0.4 is 5.32 Å². The lowest BCUT2D eigenvalue weighted by atomic mass is 9.96. The van der Waals surface area contributed by atoms with E-state index in [4.69, 9.17) is 28.4 Å². The summed E-state index contributed by atoms with van der Waals surface area (Å²) in [5.74, 6) is -0.288. The number of allylic oxidation sites excluding steroid dienone is 3. The zero-order valence-corrected chi connectivity index (χ0v) is 49.1. The van der Waals surface area contributed by atoms with Crippen molar-refractivity contribution >= 4 is 5.91 Å². The van der Waals surface area contributed by atoms with Crippen LogP contribution in [0.5, 0.6) is 0 Å². The van der Waals surface area contributed by atoms with Crippen molar-refractivity contribution < 1.29 is 89.4 Å². The zero-order valence-electron chi connectivity index (χ0n) is 49.1. The fourth-order valence-corrected chi connectivity index (χ4v) is 10.8. The first-order chi connectivity index (χ1) is 38.8. The molecule has 0 aliphatic carbocycles. The number of carbonyl (C=O) groups is 1. The quantitative estimate of drug-likeness (QED) is 0.0234. The fraction of sp³-hybridized carbons (Fsp3) is 0.918. The van der Waals surface area contributed by atoms with E-state index >= 15 is 0 Å². The number of carbonyl (C=O) groups excluding carboxylic acids is 1. The zero-order chi connectivity index (χ0) is 58.3. The minimum Gasteiger partial charge on any atom is -0.394 e. The highest BCUT2D eigenvalue weighted by molar-refractivity contribution is 5.76. The van der Waals surface area contributed by atoms with E-state index in [0.29, 0.717) is 12.8 Å². The molecular formula is C61H113NO18. The normalized spacial score (nSPS) is 30.1. The van der Waals surface area contributed by atoms with E-state index in [2.05, 4.69) is 31.3 Å². The van der Waals surface area contributed by atoms with E-state index in [1.807, 2.05) is 6.08 Å². The van der Waals surface area contributed by atoms with E-state index in [1.165, 1.54) is 154 Å². The molecule has 0 aromatic carbocycles. The summed E-state index contributed by atoms with van der Waals surface area (Å²) < 4.78 is 34.2. The molecule has 17 unspecified atom stereocenters. The van der Waals surface area contributed by atoms with Gasteiger partial charge in [0, 0.05) is 6.42 Å². The summed E-state index contributed by atoms with van der Waals surface area (Å²) >= 11 is 0. The number of unbranched alkanes of at least 4 members (excludes halogenated alkanes) is 29. The number of hydrogen-bond donors (Lipinski definition) is 12. The molecule has 19 heteroatoms. The average molecular weight is 1150 g/mol. The van der Waals surface area contributed by atoms with Gasteiger partial charge in [-0.05, 0) is 32.1 Å². The Kier molecular flexibility index (Phi) is 40.5. The van der Waals surface area contributed by atoms with Crippen LogP contribution in [-0.4, -0.2) is 193 Å². The van der Waals surface area contributed by atoms with Crippen molar-refractivity contribution in [3.8, 4) is 0 Å². The van der Waals surface area contributed by atoms with E-state index in [1.54, 1.807) is 6.08 Å². The third kappa shape index (κ3) is 28.0. The highest BCUT2D eigenvalue weighted by Crippen LogP contribution is 2.33. The molecule has 470 valence electrons. The Morgan fingerprint density at radius 2 is 0.800 bits per heavy atom. The highest BCUT2D eigenvalue weighted by Gasteiger charge is 2.53. The third-order valence-corrected chi connectivity index (χ3v) is 16.0. The van der Waals surface area contributed by atoms with Crippen LogP contribution in [0.25, 0.3) is 0 Å². The molecule has 3 aliphatic rings. The SMILES string of the molecule is CCCCCCCCCCCCCCCCCCCCCC/C=C/CC/C=C/C(O)C(COC1OC(CO)C(OC2OC(CO)C(OC3OC(CO)C(O)C(O)C3O)C(O)C2O)C(O)C1O)NC(=O)CCCCCCCCCCC. The first-order valence-electron chi connectivity index (χ1n) is 31.6. The van der Waals surface area contributed by atoms with Gasteiger partial charge < -0.3 is 89.9 Å². The molecule has 0 bridgehead atoms. The molecule has 1 amide bonds. The Bertz CT molecular complexity index is 1560. The van der Waals surface area contributed by atoms with Gasteiger partial charge in [0.15, 0.2) is 18.9 Å². The van der Waals surface area contributed by atoms with Gasteiger partial charge in [-0.15, -0.1) is 0 Å². The monoisotopic (exact) mass is 1150 g/mol. The predicted molar refractivity (Wildman–Crippen MR) is 305 cm³/mol. The molecule has 19 nitrogen and oxygen atoms in total. The Balaban J connectivity index is 1.44. The van der Waals surface area contributed by atoms with Gasteiger partial charge in [-0.25, -0.2) is 0 Å². The van der Waals surface area contributed by atoms with Crippen LogP contribution in [0.15, 0.2) is 24.3 Å². The second-order valence-electron chi connectivity index (χ2n) is 22.9. The van der Waals surface area contributed by atoms with Gasteiger partial charge in [-0.1, -0.05) is 212 Å². The summed E-state index contributed by atoms with van der Waals surface area (Å²) in [5.41, 5.74) is 0. The Morgan fingerprint density at radius 1 is 0.438 bits per heavy atom. The second kappa shape index (κ2) is 44.7. The molecule has 3 saturated heterocycles. The largest absolute Gasteiger partial charge is 0.394 e. The minimum atomic E-state index is -1.98. The van der Waals surface area contributed by atoms with Gasteiger partial charge in [0.2, 0.25) is 5.91 Å². The van der Waals surface area contributed by atoms with Gasteiger partial charge in [0.25, 0.3) is 0 Å². The van der Waals surface area contributed by atoms with Crippen LogP contribution in [0.2, 0.25) is 0 Å². The van der Waals surface area contributed by atoms with Crippen molar-refractivity contribution in [3.05, 3.63) is 24.3 Å². The van der Waals surface area contributed by atoms with E-state index in [-0.39, 0.29) is 18.9 Å². The van der Waals surface area contributed by atoms with Crippen LogP contribution in [0, 0.1) is 0 Å². The lowest BCUT2D eigenvalue weighted by Crippen LogP contribution is -2.66. The number of rotatable bonds is 47. The molecule has 3 fully saturated rings. The van der Waals surface area contributed by atoms with E-state index in [9.17, 15) is 61.0 Å². The maximum Gasteiger partial charge on any atom is 0.220 e. The standard InChI is InChI=1S/C61H113NO18/c1-3-5-7-9-11-13-14-15-16-17-18-19-20-21-22-23-24-25-26-27-28-29-31-32-34-36-38-45(66)44(62-49(67)39-37-35-33-30-12-10-8-6-4-2)43-75-59-55(73)52(70)57(47(41-64)77-59)80-61-56(74)53(71)58(48(42-65)78-61)79-60-54(72)51(69)50(68)46(40-63)76-60/h29,31,36,38,44-48,50-61,63-66,68-74H,3-28,30,32-35,37,39-43H2,1-2H3,(H,62,67)/b31-29+,38-36+. The average Bonchev–Trinajstić information content (AvgIpc) is 3.45. The summed E-state index contributed by atoms with van der Waals surface area (Å²) in [6.45, 7) is 1.68. The van der Waals surface area contributed by atoms with Gasteiger partial charge in [0.05, 0.1) is 38.6 Å². The number of aliphatic hydroxyl groups is 11. The molecular weight excluding hydrogens is 1030 g/mol. The first-order valence-corrected chi connectivity index (χ1v) is 31.6. The third-order valence-electron chi connectivity index (χ3n) is 16.0. The van der Waals surface area contributed by atoms with Crippen molar-refractivity contribution in [2.24, 2.45) is 0 Å². The first kappa shape index (κ1) is 72.5. The molecule has 80 heavy (non-hydrogen) atoms. The maximum absolute atomic E-state index is 13.2. The summed E-state index contributed by atoms with van der Waals surface area (Å²) in [7, 11) is 0. The topological polar surface area (TPSA) is 307 Å². The number of nitrogens with one attached hydrogen (secondary N) is 1. The molecule has 3 heterocycles. The van der Waals surface area contributed by atoms with Crippen molar-refractivity contribution in [2.45, 2.75) is 330 Å². The lowest BCUT2D eigenvalue weighted by Gasteiger charge is -2.48. The molecule has 0 spiro atoms. The molecule has 0 aromatic rings. The molecule has 0 aromatic heterocycles. The molecule has 3 rings (SSSR count). The minimum absolute atomic E-state index is 0.238. The maximum atomic E-state index is 13.2. The summed E-state index contributed by atoms with van der Waals surface area (Å²) in [4.78, 5) is 13.2. The molecule has 0 saturated carbocycles. The van der Waals surface area contributed by atoms with Crippen molar-refractivity contribution in [1.82, 2.24) is 5.32 Å². The van der Waals surface area contributed by atoms with Crippen LogP contribution in [0.1, 0.15) is 226 Å². The van der Waals surface area contributed by atoms with Crippen molar-refractivity contribution in [2.75, 3.05) is 26.4 Å². The Labute approximate surface area is 479 Å². The number of hydrogen-bond acceptors (Lipinski definition) is 18. The number of ether oxygens (including phenoxy) is 6. The molecule has 17 atom stereocenters. The fourth-order valence-electron chi connectivity index (χ4n) is 10.8. The van der Waals surface area contributed by atoms with Crippen molar-refractivity contribution in [3.63, 3.8) is 0 Å². The Morgan fingerprint density at radius 3 is 1.25 bits per heavy atom. The highest BCUT2D eigenvalue weighted by atomic mass is 16.8. The molecule has 0 radical (unpaired) electrons. The van der Waals surface area contributed by atoms with Crippen molar-refractivity contribution in [1.29, 1.82) is 0 Å². The summed E-state index contributed by atoms with van der Waals surface area (Å²) in [5, 5.41) is 120. The van der Waals surface area contributed by atoms with Crippen LogP contribution in [-0.2, 0) is 33.2 Å². The predicted octanol–water partition coefficient (Wildman–Crippen LogP) is 6.32. The number of amides is 1. The molecule has 3 aliphatic heterocycles. The van der Waals surface area contributed by atoms with Gasteiger partial charge >= 0.3 is 0 Å². The van der Waals surface area contributed by atoms with Crippen LogP contribution in [0.3, 0.4) is 0 Å². The number of aliphatic hydroxyl groups excluding tert-OH is 11. The van der Waals surface area contributed by atoms with Crippen LogP contribution in [0.4, 0.5) is 0 Å². The summed E-state index contributed by atoms with van der Waals surface area (Å²) in [6.07, 6.45) is 20.6. The summed E-state index contributed by atoms with van der Waals surface area (Å²) in [6, 6.07) is -0.984. The van der Waals surface area contributed by atoms with Crippen LogP contribution >= 0.6 is 0 Å². The Hall–Kier alpha value is -1.73. The van der Waals surface area contributed by atoms with Gasteiger partial charge in [-0.3, -0.25) is 4.79 Å². The smallest absolute Gasteiger partial charge is 0.220 e. The second-order valence-corrected chi connectivity index (χ2v) is 22.9. The van der Waals surface area contributed by atoms with Gasteiger partial charge in [0.1, 0.15) is 73.2 Å².